The first-order chi connectivity index (χ1) is 10.0. The van der Waals surface area contributed by atoms with E-state index >= 15 is 0 Å². The highest BCUT2D eigenvalue weighted by molar-refractivity contribution is 7.09. The van der Waals surface area contributed by atoms with Gasteiger partial charge in [-0.2, -0.15) is 0 Å². The van der Waals surface area contributed by atoms with Crippen molar-refractivity contribution in [3.63, 3.8) is 0 Å². The highest BCUT2D eigenvalue weighted by atomic mass is 32.1. The van der Waals surface area contributed by atoms with Crippen molar-refractivity contribution in [2.75, 3.05) is 6.54 Å². The molecule has 4 nitrogen and oxygen atoms in total. The molecule has 0 aliphatic rings. The zero-order valence-corrected chi connectivity index (χ0v) is 12.8. The van der Waals surface area contributed by atoms with E-state index in [4.69, 9.17) is 5.73 Å². The van der Waals surface area contributed by atoms with Gasteiger partial charge in [0, 0.05) is 17.1 Å². The molecule has 2 rings (SSSR count). The van der Waals surface area contributed by atoms with E-state index in [9.17, 15) is 4.79 Å². The van der Waals surface area contributed by atoms with Crippen molar-refractivity contribution < 1.29 is 4.79 Å². The van der Waals surface area contributed by atoms with Gasteiger partial charge in [0.25, 0.3) is 5.91 Å². The van der Waals surface area contributed by atoms with Gasteiger partial charge in [-0.05, 0) is 26.0 Å². The predicted octanol–water partition coefficient (Wildman–Crippen LogP) is 2.12. The summed E-state index contributed by atoms with van der Waals surface area (Å²) in [5.74, 6) is 5.53. The second-order valence-electron chi connectivity index (χ2n) is 4.97. The van der Waals surface area contributed by atoms with Gasteiger partial charge in [-0.15, -0.1) is 11.3 Å². The normalized spacial score (nSPS) is 10.6. The number of rotatable bonds is 3. The smallest absolute Gasteiger partial charge is 0.253 e. The van der Waals surface area contributed by atoms with Crippen molar-refractivity contribution in [3.05, 3.63) is 52.0 Å². The molecular formula is C16H17N3OS. The molecule has 2 aromatic rings. The Morgan fingerprint density at radius 2 is 2.19 bits per heavy atom. The summed E-state index contributed by atoms with van der Waals surface area (Å²) in [7, 11) is 0. The fourth-order valence-electron chi connectivity index (χ4n) is 1.87. The van der Waals surface area contributed by atoms with Gasteiger partial charge in [0.15, 0.2) is 0 Å². The first-order valence-electron chi connectivity index (χ1n) is 6.55. The molecule has 0 saturated carbocycles. The topological polar surface area (TPSA) is 68.0 Å². The molecule has 5 heteroatoms. The molecule has 0 saturated heterocycles. The van der Waals surface area contributed by atoms with Crippen LogP contribution in [-0.4, -0.2) is 17.4 Å². The number of nitrogens with one attached hydrogen (secondary N) is 1. The highest BCUT2D eigenvalue weighted by Crippen LogP contribution is 2.22. The van der Waals surface area contributed by atoms with Crippen LogP contribution in [0, 0.1) is 11.8 Å². The third-order valence-electron chi connectivity index (χ3n) is 2.89. The number of hydrogen-bond acceptors (Lipinski definition) is 4. The maximum atomic E-state index is 12.5. The van der Waals surface area contributed by atoms with Crippen LogP contribution in [0.4, 0.5) is 0 Å². The van der Waals surface area contributed by atoms with Crippen LogP contribution in [0.5, 0.6) is 0 Å². The van der Waals surface area contributed by atoms with E-state index in [0.717, 1.165) is 5.01 Å². The van der Waals surface area contributed by atoms with Gasteiger partial charge in [0.1, 0.15) is 5.01 Å². The van der Waals surface area contributed by atoms with Crippen molar-refractivity contribution in [2.24, 2.45) is 5.73 Å². The maximum Gasteiger partial charge on any atom is 0.253 e. The molecule has 1 aromatic carbocycles. The Morgan fingerprint density at radius 1 is 1.43 bits per heavy atom. The molecule has 1 amide bonds. The molecule has 0 unspecified atom stereocenters. The fourth-order valence-corrected chi connectivity index (χ4v) is 2.59. The van der Waals surface area contributed by atoms with E-state index in [2.05, 4.69) is 22.1 Å². The maximum absolute atomic E-state index is 12.5. The van der Waals surface area contributed by atoms with E-state index in [0.29, 0.717) is 11.1 Å². The number of nitrogens with two attached hydrogens (primary N) is 1. The number of amides is 1. The first kappa shape index (κ1) is 15.2. The van der Waals surface area contributed by atoms with Gasteiger partial charge in [-0.1, -0.05) is 24.0 Å². The number of thiazole rings is 1. The van der Waals surface area contributed by atoms with Crippen LogP contribution in [0.1, 0.15) is 34.8 Å². The highest BCUT2D eigenvalue weighted by Gasteiger charge is 2.26. The van der Waals surface area contributed by atoms with Crippen molar-refractivity contribution >= 4 is 17.2 Å². The van der Waals surface area contributed by atoms with Gasteiger partial charge in [-0.25, -0.2) is 4.98 Å². The molecule has 1 aromatic heterocycles. The summed E-state index contributed by atoms with van der Waals surface area (Å²) >= 11 is 1.51. The lowest BCUT2D eigenvalue weighted by Crippen LogP contribution is -2.41. The molecule has 1 heterocycles. The van der Waals surface area contributed by atoms with Gasteiger partial charge in [0.05, 0.1) is 17.6 Å². The van der Waals surface area contributed by atoms with Crippen molar-refractivity contribution in [3.8, 4) is 11.8 Å². The summed E-state index contributed by atoms with van der Waals surface area (Å²) in [6, 6.07) is 7.24. The second-order valence-corrected chi connectivity index (χ2v) is 5.86. The van der Waals surface area contributed by atoms with Gasteiger partial charge < -0.3 is 11.1 Å². The largest absolute Gasteiger partial charge is 0.341 e. The summed E-state index contributed by atoms with van der Waals surface area (Å²) in [5.41, 5.74) is 6.08. The Hall–Kier alpha value is -2.16. The Labute approximate surface area is 128 Å². The van der Waals surface area contributed by atoms with Crippen molar-refractivity contribution in [1.29, 1.82) is 0 Å². The minimum absolute atomic E-state index is 0.169. The van der Waals surface area contributed by atoms with Gasteiger partial charge >= 0.3 is 0 Å². The molecule has 3 N–H and O–H groups in total. The summed E-state index contributed by atoms with van der Waals surface area (Å²) < 4.78 is 0. The third kappa shape index (κ3) is 3.69. The third-order valence-corrected chi connectivity index (χ3v) is 3.99. The lowest BCUT2D eigenvalue weighted by Gasteiger charge is -2.24. The van der Waals surface area contributed by atoms with Crippen LogP contribution >= 0.6 is 11.3 Å². The Balaban J connectivity index is 2.25. The lowest BCUT2D eigenvalue weighted by atomic mass is 10.0. The van der Waals surface area contributed by atoms with E-state index in [1.54, 1.807) is 12.3 Å². The first-order valence-corrected chi connectivity index (χ1v) is 7.43. The average molecular weight is 299 g/mol. The fraction of sp³-hybridized carbons (Fsp3) is 0.250. The number of hydrogen-bond donors (Lipinski definition) is 2. The van der Waals surface area contributed by atoms with Crippen LogP contribution in [0.25, 0.3) is 0 Å². The number of benzene rings is 1. The standard InChI is InChI=1S/C16H17N3OS/c1-16(2,15-18-10-11-21-15)19-14(20)13-8-4-3-6-12(13)7-5-9-17/h3-4,6,8,10-11H,9,17H2,1-2H3,(H,19,20). The van der Waals surface area contributed by atoms with Crippen molar-refractivity contribution in [2.45, 2.75) is 19.4 Å². The Kier molecular flexibility index (Phi) is 4.73. The number of aromatic nitrogens is 1. The van der Waals surface area contributed by atoms with Crippen LogP contribution < -0.4 is 11.1 Å². The minimum atomic E-state index is -0.528. The van der Waals surface area contributed by atoms with E-state index in [1.807, 2.05) is 37.4 Å². The molecular weight excluding hydrogens is 282 g/mol. The van der Waals surface area contributed by atoms with E-state index in [-0.39, 0.29) is 12.5 Å². The summed E-state index contributed by atoms with van der Waals surface area (Å²) in [5, 5.41) is 5.76. The number of carbonyl (C=O) groups excluding carboxylic acids is 1. The number of nitrogens with zero attached hydrogens (tertiary/aromatic N) is 1. The van der Waals surface area contributed by atoms with Crippen LogP contribution in [-0.2, 0) is 5.54 Å². The SMILES string of the molecule is CC(C)(NC(=O)c1ccccc1C#CCN)c1nccs1. The Morgan fingerprint density at radius 3 is 2.86 bits per heavy atom. The molecule has 0 radical (unpaired) electrons. The van der Waals surface area contributed by atoms with Crippen molar-refractivity contribution in [1.82, 2.24) is 10.3 Å². The van der Waals surface area contributed by atoms with Crippen LogP contribution in [0.2, 0.25) is 0 Å². The quantitative estimate of drug-likeness (QED) is 0.853. The summed E-state index contributed by atoms with van der Waals surface area (Å²) in [6.07, 6.45) is 1.73. The lowest BCUT2D eigenvalue weighted by molar-refractivity contribution is 0.0911. The Bertz CT molecular complexity index is 681. The second kappa shape index (κ2) is 6.53. The molecule has 0 aliphatic carbocycles. The average Bonchev–Trinajstić information content (AvgIpc) is 3.00. The number of carbonyl (C=O) groups is 1. The monoisotopic (exact) mass is 299 g/mol. The summed E-state index contributed by atoms with van der Waals surface area (Å²) in [4.78, 5) is 16.8. The minimum Gasteiger partial charge on any atom is -0.341 e. The molecule has 0 bridgehead atoms. The molecule has 108 valence electrons. The molecule has 0 spiro atoms. The zero-order chi connectivity index (χ0) is 15.3. The van der Waals surface area contributed by atoms with Gasteiger partial charge in [-0.3, -0.25) is 4.79 Å². The molecule has 0 aliphatic heterocycles. The zero-order valence-electron chi connectivity index (χ0n) is 12.0. The predicted molar refractivity (Wildman–Crippen MR) is 85.0 cm³/mol. The molecule has 0 atom stereocenters. The van der Waals surface area contributed by atoms with Crippen LogP contribution in [0.3, 0.4) is 0 Å². The molecule has 21 heavy (non-hydrogen) atoms. The van der Waals surface area contributed by atoms with Gasteiger partial charge in [0.2, 0.25) is 0 Å². The summed E-state index contributed by atoms with van der Waals surface area (Å²) in [6.45, 7) is 4.12. The van der Waals surface area contributed by atoms with E-state index < -0.39 is 5.54 Å². The van der Waals surface area contributed by atoms with Crippen LogP contribution in [0.15, 0.2) is 35.8 Å². The molecule has 0 fully saturated rings. The van der Waals surface area contributed by atoms with E-state index in [1.165, 1.54) is 11.3 Å².